The molecular weight excluding hydrogens is 689 g/mol. The first-order chi connectivity index (χ1) is 28.2. The summed E-state index contributed by atoms with van der Waals surface area (Å²) in [5, 5.41) is 7.52. The molecule has 0 atom stereocenters. The van der Waals surface area contributed by atoms with Crippen LogP contribution in [0.15, 0.2) is 201 Å². The first-order valence-electron chi connectivity index (χ1n) is 19.7. The molecule has 2 aromatic heterocycles. The van der Waals surface area contributed by atoms with Crippen LogP contribution in [-0.2, 0) is 6.42 Å². The van der Waals surface area contributed by atoms with Gasteiger partial charge in [-0.3, -0.25) is 0 Å². The number of hydrogen-bond acceptors (Lipinski definition) is 0. The third-order valence-corrected chi connectivity index (χ3v) is 12.2. The van der Waals surface area contributed by atoms with Gasteiger partial charge >= 0.3 is 0 Å². The summed E-state index contributed by atoms with van der Waals surface area (Å²) < 4.78 is 4.84. The maximum absolute atomic E-state index is 4.54. The summed E-state index contributed by atoms with van der Waals surface area (Å²) in [7, 11) is 0. The van der Waals surface area contributed by atoms with Crippen molar-refractivity contribution in [1.82, 2.24) is 9.13 Å². The van der Waals surface area contributed by atoms with E-state index in [2.05, 4.69) is 210 Å². The van der Waals surface area contributed by atoms with Crippen LogP contribution in [0.25, 0.3) is 93.6 Å². The summed E-state index contributed by atoms with van der Waals surface area (Å²) in [6, 6.07) is 71.3. The minimum atomic E-state index is 0.838. The predicted molar refractivity (Wildman–Crippen MR) is 241 cm³/mol. The molecule has 0 aliphatic heterocycles. The summed E-state index contributed by atoms with van der Waals surface area (Å²) in [6.45, 7) is 4.54. The highest BCUT2D eigenvalue weighted by Gasteiger charge is 2.24. The summed E-state index contributed by atoms with van der Waals surface area (Å²) in [5.41, 5.74) is 18.4. The molecule has 0 spiro atoms. The van der Waals surface area contributed by atoms with Crippen molar-refractivity contribution in [3.05, 3.63) is 223 Å². The summed E-state index contributed by atoms with van der Waals surface area (Å²) in [5.74, 6) is 0. The van der Waals surface area contributed by atoms with Gasteiger partial charge in [-0.25, -0.2) is 0 Å². The van der Waals surface area contributed by atoms with Crippen LogP contribution in [0.1, 0.15) is 22.3 Å². The molecule has 0 radical (unpaired) electrons. The number of nitrogens with zero attached hydrogens (tertiary/aromatic N) is 2. The van der Waals surface area contributed by atoms with E-state index in [0.717, 1.165) is 12.0 Å². The van der Waals surface area contributed by atoms with Gasteiger partial charge in [-0.05, 0) is 128 Å². The summed E-state index contributed by atoms with van der Waals surface area (Å²) >= 11 is 0. The van der Waals surface area contributed by atoms with E-state index in [9.17, 15) is 0 Å². The monoisotopic (exact) mass is 724 g/mol. The van der Waals surface area contributed by atoms with E-state index in [0.29, 0.717) is 0 Å². The molecule has 0 fully saturated rings. The molecule has 2 heterocycles. The second-order valence-electron chi connectivity index (χ2n) is 15.4. The van der Waals surface area contributed by atoms with Gasteiger partial charge in [0.2, 0.25) is 0 Å². The molecule has 0 amide bonds. The molecule has 0 bridgehead atoms. The lowest BCUT2D eigenvalue weighted by molar-refractivity contribution is 1.13. The fraction of sp³-hybridized carbons (Fsp3) is 0.0182. The lowest BCUT2D eigenvalue weighted by Gasteiger charge is -2.13. The standard InChI is InChI=1S/C55H36N2/c1-35-44-17-4-5-18-45(44)48-21-11-15-41(55(35)48)30-36-12-10-16-42(31-36)56-51-22-8-6-19-46(51)49-33-39(25-28-53(49)56)40-26-29-54-50(34-40)47-20-7-9-23-52(47)57(54)43-27-24-37-13-2-3-14-38(37)32-43/h2-29,31-34H,1,30H2. The zero-order valence-corrected chi connectivity index (χ0v) is 31.3. The maximum Gasteiger partial charge on any atom is 0.0541 e. The first kappa shape index (κ1) is 31.9. The Morgan fingerprint density at radius 2 is 0.930 bits per heavy atom. The van der Waals surface area contributed by atoms with Crippen LogP contribution in [0.5, 0.6) is 0 Å². The predicted octanol–water partition coefficient (Wildman–Crippen LogP) is 14.3. The number of aromatic nitrogens is 2. The lowest BCUT2D eigenvalue weighted by atomic mass is 9.94. The fourth-order valence-corrected chi connectivity index (χ4v) is 9.65. The van der Waals surface area contributed by atoms with Crippen LogP contribution in [0.4, 0.5) is 0 Å². The molecule has 0 saturated heterocycles. The maximum atomic E-state index is 4.54. The molecule has 2 nitrogen and oxygen atoms in total. The quantitative estimate of drug-likeness (QED) is 0.167. The fourth-order valence-electron chi connectivity index (χ4n) is 9.65. The largest absolute Gasteiger partial charge is 0.309 e. The Bertz CT molecular complexity index is 3460. The zero-order valence-electron chi connectivity index (χ0n) is 31.3. The van der Waals surface area contributed by atoms with Crippen molar-refractivity contribution >= 4 is 60.0 Å². The van der Waals surface area contributed by atoms with Crippen LogP contribution in [0, 0.1) is 0 Å². The molecule has 266 valence electrons. The van der Waals surface area contributed by atoms with Gasteiger partial charge in [-0.15, -0.1) is 0 Å². The number of hydrogen-bond donors (Lipinski definition) is 0. The average molecular weight is 725 g/mol. The van der Waals surface area contributed by atoms with Gasteiger partial charge in [0.15, 0.2) is 0 Å². The second kappa shape index (κ2) is 12.3. The van der Waals surface area contributed by atoms with E-state index in [4.69, 9.17) is 0 Å². The van der Waals surface area contributed by atoms with Crippen molar-refractivity contribution in [3.63, 3.8) is 0 Å². The SMILES string of the molecule is C=C1c2ccccc2-c2cccc(Cc3cccc(-n4c5ccccc5c5cc(-c6ccc7c(c6)c6ccccc6n7-c6ccc7ccccc7c6)ccc54)c3)c21. The van der Waals surface area contributed by atoms with Gasteiger partial charge < -0.3 is 9.13 Å². The van der Waals surface area contributed by atoms with Crippen molar-refractivity contribution in [1.29, 1.82) is 0 Å². The number of para-hydroxylation sites is 2. The number of fused-ring (bicyclic) bond motifs is 10. The van der Waals surface area contributed by atoms with E-state index in [1.165, 1.54) is 110 Å². The van der Waals surface area contributed by atoms with E-state index in [-0.39, 0.29) is 0 Å². The topological polar surface area (TPSA) is 9.86 Å². The van der Waals surface area contributed by atoms with Crippen molar-refractivity contribution in [2.75, 3.05) is 0 Å². The van der Waals surface area contributed by atoms with Crippen molar-refractivity contribution in [2.45, 2.75) is 6.42 Å². The van der Waals surface area contributed by atoms with Crippen LogP contribution >= 0.6 is 0 Å². The zero-order chi connectivity index (χ0) is 37.6. The van der Waals surface area contributed by atoms with Gasteiger partial charge in [0.25, 0.3) is 0 Å². The molecule has 1 aliphatic rings. The summed E-state index contributed by atoms with van der Waals surface area (Å²) in [4.78, 5) is 0. The van der Waals surface area contributed by atoms with E-state index in [1.54, 1.807) is 0 Å². The van der Waals surface area contributed by atoms with Crippen LogP contribution in [0.2, 0.25) is 0 Å². The Morgan fingerprint density at radius 3 is 1.65 bits per heavy atom. The highest BCUT2D eigenvalue weighted by Crippen LogP contribution is 2.45. The molecule has 11 aromatic rings. The smallest absolute Gasteiger partial charge is 0.0541 e. The molecule has 1 aliphatic carbocycles. The van der Waals surface area contributed by atoms with Crippen LogP contribution < -0.4 is 0 Å². The number of rotatable bonds is 5. The van der Waals surface area contributed by atoms with Gasteiger partial charge in [-0.1, -0.05) is 140 Å². The lowest BCUT2D eigenvalue weighted by Crippen LogP contribution is -1.98. The van der Waals surface area contributed by atoms with E-state index >= 15 is 0 Å². The average Bonchev–Trinajstić information content (AvgIpc) is 3.89. The second-order valence-corrected chi connectivity index (χ2v) is 15.4. The van der Waals surface area contributed by atoms with Gasteiger partial charge in [0, 0.05) is 32.9 Å². The Kier molecular flexibility index (Phi) is 6.88. The highest BCUT2D eigenvalue weighted by molar-refractivity contribution is 6.13. The van der Waals surface area contributed by atoms with Gasteiger partial charge in [0.05, 0.1) is 22.1 Å². The Hall–Kier alpha value is -7.42. The Balaban J connectivity index is 0.955. The third kappa shape index (κ3) is 4.84. The molecule has 0 unspecified atom stereocenters. The molecule has 2 heteroatoms. The number of benzene rings is 9. The van der Waals surface area contributed by atoms with Crippen molar-refractivity contribution < 1.29 is 0 Å². The molecule has 0 saturated carbocycles. The normalized spacial score (nSPS) is 12.3. The first-order valence-corrected chi connectivity index (χ1v) is 19.7. The molecule has 0 N–H and O–H groups in total. The molecule has 12 rings (SSSR count). The summed E-state index contributed by atoms with van der Waals surface area (Å²) in [6.07, 6.45) is 0.838. The van der Waals surface area contributed by atoms with Crippen LogP contribution in [-0.4, -0.2) is 9.13 Å². The Morgan fingerprint density at radius 1 is 0.368 bits per heavy atom. The highest BCUT2D eigenvalue weighted by atomic mass is 15.0. The van der Waals surface area contributed by atoms with E-state index < -0.39 is 0 Å². The molecular formula is C55H36N2. The Labute approximate surface area is 330 Å². The van der Waals surface area contributed by atoms with E-state index in [1.807, 2.05) is 0 Å². The molecule has 9 aromatic carbocycles. The van der Waals surface area contributed by atoms with Crippen LogP contribution in [0.3, 0.4) is 0 Å². The minimum Gasteiger partial charge on any atom is -0.309 e. The third-order valence-electron chi connectivity index (χ3n) is 12.2. The van der Waals surface area contributed by atoms with Gasteiger partial charge in [0.1, 0.15) is 0 Å². The van der Waals surface area contributed by atoms with Crippen molar-refractivity contribution in [2.24, 2.45) is 0 Å². The minimum absolute atomic E-state index is 0.838. The van der Waals surface area contributed by atoms with Gasteiger partial charge in [-0.2, -0.15) is 0 Å². The van der Waals surface area contributed by atoms with Crippen molar-refractivity contribution in [3.8, 4) is 33.6 Å². The molecule has 57 heavy (non-hydrogen) atoms.